The fourth-order valence-corrected chi connectivity index (χ4v) is 6.93. The van der Waals surface area contributed by atoms with E-state index in [1.165, 1.54) is 6.07 Å². The third-order valence-corrected chi connectivity index (χ3v) is 9.23. The SMILES string of the molecule is C=C(C)C#N.N#Cc1cc(-c2ccc(-n3c4ccccc4c4ccc(C#N)cc43)c(C#N)c2-n2c3ccccc3c3ccc(C#N)cc32)cc(C(F)(F)F)c1. The van der Waals surface area contributed by atoms with E-state index in [2.05, 4.69) is 24.8 Å². The van der Waals surface area contributed by atoms with Crippen molar-refractivity contribution in [2.75, 3.05) is 0 Å². The molecule has 0 saturated heterocycles. The molecular formula is C45H24F3N7. The van der Waals surface area contributed by atoms with Crippen LogP contribution in [0.1, 0.15) is 34.7 Å². The molecule has 0 radical (unpaired) electrons. The largest absolute Gasteiger partial charge is 0.416 e. The van der Waals surface area contributed by atoms with Gasteiger partial charge in [-0.15, -0.1) is 0 Å². The first-order chi connectivity index (χ1) is 26.5. The van der Waals surface area contributed by atoms with E-state index < -0.39 is 11.7 Å². The average Bonchev–Trinajstić information content (AvgIpc) is 3.71. The molecule has 0 atom stereocenters. The summed E-state index contributed by atoms with van der Waals surface area (Å²) in [6.45, 7) is 4.98. The molecule has 0 aliphatic rings. The second-order valence-corrected chi connectivity index (χ2v) is 12.7. The van der Waals surface area contributed by atoms with Crippen molar-refractivity contribution in [3.05, 3.63) is 155 Å². The minimum Gasteiger partial charge on any atom is -0.308 e. The Morgan fingerprint density at radius 2 is 1.07 bits per heavy atom. The molecule has 260 valence electrons. The third kappa shape index (κ3) is 6.05. The Bertz CT molecular complexity index is 3130. The number of hydrogen-bond donors (Lipinski definition) is 0. The normalized spacial score (nSPS) is 10.9. The maximum atomic E-state index is 14.2. The smallest absolute Gasteiger partial charge is 0.308 e. The Hall–Kier alpha value is -8.10. The Balaban J connectivity index is 0.000000875. The van der Waals surface area contributed by atoms with E-state index in [9.17, 15) is 34.2 Å². The van der Waals surface area contributed by atoms with Crippen LogP contribution >= 0.6 is 0 Å². The lowest BCUT2D eigenvalue weighted by atomic mass is 9.95. The molecule has 7 nitrogen and oxygen atoms in total. The molecule has 0 amide bonds. The zero-order valence-electron chi connectivity index (χ0n) is 28.9. The summed E-state index contributed by atoms with van der Waals surface area (Å²) in [5.41, 5.74) is 4.00. The highest BCUT2D eigenvalue weighted by Crippen LogP contribution is 2.43. The first-order valence-electron chi connectivity index (χ1n) is 16.7. The summed E-state index contributed by atoms with van der Waals surface area (Å²) in [5, 5.41) is 51.7. The van der Waals surface area contributed by atoms with Crippen LogP contribution in [0, 0.1) is 56.7 Å². The van der Waals surface area contributed by atoms with Gasteiger partial charge in [-0.2, -0.15) is 39.5 Å². The van der Waals surface area contributed by atoms with Crippen LogP contribution in [-0.2, 0) is 6.18 Å². The van der Waals surface area contributed by atoms with Crippen molar-refractivity contribution in [3.63, 3.8) is 0 Å². The van der Waals surface area contributed by atoms with Gasteiger partial charge in [-0.3, -0.25) is 0 Å². The van der Waals surface area contributed by atoms with Gasteiger partial charge in [0.25, 0.3) is 0 Å². The van der Waals surface area contributed by atoms with E-state index >= 15 is 0 Å². The summed E-state index contributed by atoms with van der Waals surface area (Å²) >= 11 is 0. The van der Waals surface area contributed by atoms with Gasteiger partial charge in [0.1, 0.15) is 11.6 Å². The van der Waals surface area contributed by atoms with Crippen LogP contribution < -0.4 is 0 Å². The third-order valence-electron chi connectivity index (χ3n) is 9.23. The van der Waals surface area contributed by atoms with Crippen molar-refractivity contribution in [1.82, 2.24) is 9.13 Å². The molecule has 0 spiro atoms. The molecule has 0 aliphatic heterocycles. The van der Waals surface area contributed by atoms with Gasteiger partial charge >= 0.3 is 6.18 Å². The maximum absolute atomic E-state index is 14.2. The van der Waals surface area contributed by atoms with Crippen molar-refractivity contribution in [3.8, 4) is 52.8 Å². The number of hydrogen-bond acceptors (Lipinski definition) is 5. The number of alkyl halides is 3. The van der Waals surface area contributed by atoms with Gasteiger partial charge in [-0.25, -0.2) is 0 Å². The Morgan fingerprint density at radius 3 is 1.58 bits per heavy atom. The van der Waals surface area contributed by atoms with Crippen molar-refractivity contribution >= 4 is 43.6 Å². The summed E-state index contributed by atoms with van der Waals surface area (Å²) in [4.78, 5) is 0. The molecule has 0 N–H and O–H groups in total. The number of nitrogens with zero attached hydrogens (tertiary/aromatic N) is 7. The summed E-state index contributed by atoms with van der Waals surface area (Å²) in [7, 11) is 0. The number of nitriles is 5. The van der Waals surface area contributed by atoms with Crippen LogP contribution in [0.4, 0.5) is 13.2 Å². The Morgan fingerprint density at radius 1 is 0.564 bits per heavy atom. The van der Waals surface area contributed by atoms with Crippen LogP contribution in [0.3, 0.4) is 0 Å². The topological polar surface area (TPSA) is 129 Å². The van der Waals surface area contributed by atoms with Crippen molar-refractivity contribution in [2.45, 2.75) is 13.1 Å². The number of para-hydroxylation sites is 2. The van der Waals surface area contributed by atoms with E-state index in [0.717, 1.165) is 39.2 Å². The summed E-state index contributed by atoms with van der Waals surface area (Å²) in [6, 6.07) is 42.5. The standard InChI is InChI=1S/C41H19F3N6.C4H5N/c42-41(43,44)28-16-26(22-47)15-27(19-28)29-13-14-37(49-35-7-3-1-5-30(35)32-11-9-24(20-45)17-38(32)49)34(23-48)40(29)50-36-8-4-2-6-31(36)33-12-10-25(21-46)18-39(33)50;1-4(2)3-5/h1-19H;1H2,2H3. The Kier molecular flexibility index (Phi) is 8.86. The summed E-state index contributed by atoms with van der Waals surface area (Å²) in [5.74, 6) is 0. The van der Waals surface area contributed by atoms with Crippen LogP contribution in [0.5, 0.6) is 0 Å². The predicted octanol–water partition coefficient (Wildman–Crippen LogP) is 11.1. The zero-order valence-corrected chi connectivity index (χ0v) is 28.9. The molecule has 0 bridgehead atoms. The van der Waals surface area contributed by atoms with Crippen molar-refractivity contribution < 1.29 is 13.2 Å². The number of fused-ring (bicyclic) bond motifs is 6. The van der Waals surface area contributed by atoms with E-state index in [1.807, 2.05) is 81.9 Å². The fourth-order valence-electron chi connectivity index (χ4n) is 6.93. The highest BCUT2D eigenvalue weighted by atomic mass is 19.4. The number of aromatic nitrogens is 2. The van der Waals surface area contributed by atoms with Gasteiger partial charge < -0.3 is 9.13 Å². The van der Waals surface area contributed by atoms with Crippen LogP contribution in [0.25, 0.3) is 66.1 Å². The molecule has 0 saturated carbocycles. The van der Waals surface area contributed by atoms with Crippen molar-refractivity contribution in [1.29, 1.82) is 26.3 Å². The van der Waals surface area contributed by atoms with Gasteiger partial charge in [0.15, 0.2) is 0 Å². The van der Waals surface area contributed by atoms with E-state index in [0.29, 0.717) is 38.9 Å². The number of rotatable bonds is 3. The highest BCUT2D eigenvalue weighted by Gasteiger charge is 2.32. The highest BCUT2D eigenvalue weighted by molar-refractivity contribution is 6.12. The van der Waals surface area contributed by atoms with Gasteiger partial charge in [0, 0.05) is 32.7 Å². The molecule has 2 heterocycles. The van der Waals surface area contributed by atoms with Gasteiger partial charge in [0.2, 0.25) is 0 Å². The molecule has 2 aromatic heterocycles. The molecule has 6 aromatic carbocycles. The van der Waals surface area contributed by atoms with Crippen LogP contribution in [0.2, 0.25) is 0 Å². The van der Waals surface area contributed by atoms with Gasteiger partial charge in [0.05, 0.1) is 80.0 Å². The van der Waals surface area contributed by atoms with E-state index in [4.69, 9.17) is 5.26 Å². The molecule has 8 aromatic rings. The number of halogens is 3. The summed E-state index contributed by atoms with van der Waals surface area (Å²) < 4.78 is 46.3. The lowest BCUT2D eigenvalue weighted by Crippen LogP contribution is -2.08. The van der Waals surface area contributed by atoms with Gasteiger partial charge in [-0.1, -0.05) is 61.2 Å². The minimum absolute atomic E-state index is 0.0887. The molecule has 0 aliphatic carbocycles. The lowest BCUT2D eigenvalue weighted by molar-refractivity contribution is -0.137. The Labute approximate surface area is 312 Å². The quantitative estimate of drug-likeness (QED) is 0.168. The molecule has 10 heteroatoms. The minimum atomic E-state index is -4.74. The average molecular weight is 720 g/mol. The van der Waals surface area contributed by atoms with Crippen molar-refractivity contribution in [2.24, 2.45) is 0 Å². The van der Waals surface area contributed by atoms with Crippen LogP contribution in [0.15, 0.2) is 127 Å². The van der Waals surface area contributed by atoms with Crippen LogP contribution in [-0.4, -0.2) is 9.13 Å². The molecule has 0 unspecified atom stereocenters. The molecular weight excluding hydrogens is 696 g/mol. The zero-order chi connectivity index (χ0) is 39.0. The monoisotopic (exact) mass is 719 g/mol. The predicted molar refractivity (Wildman–Crippen MR) is 205 cm³/mol. The number of benzene rings is 6. The molecule has 8 rings (SSSR count). The second kappa shape index (κ2) is 13.8. The number of allylic oxidation sites excluding steroid dienone is 1. The molecule has 0 fully saturated rings. The first kappa shape index (κ1) is 35.3. The summed E-state index contributed by atoms with van der Waals surface area (Å²) in [6.07, 6.45) is -4.74. The van der Waals surface area contributed by atoms with E-state index in [1.54, 1.807) is 43.3 Å². The van der Waals surface area contributed by atoms with Gasteiger partial charge in [-0.05, 0) is 73.2 Å². The second-order valence-electron chi connectivity index (χ2n) is 12.7. The van der Waals surface area contributed by atoms with E-state index in [-0.39, 0.29) is 27.9 Å². The first-order valence-corrected chi connectivity index (χ1v) is 16.7. The fraction of sp³-hybridized carbons (Fsp3) is 0.0444. The molecule has 55 heavy (non-hydrogen) atoms. The lowest BCUT2D eigenvalue weighted by Gasteiger charge is -2.20. The maximum Gasteiger partial charge on any atom is 0.416 e.